The Morgan fingerprint density at radius 2 is 1.90 bits per heavy atom. The Morgan fingerprint density at radius 3 is 2.62 bits per heavy atom. The molecule has 0 radical (unpaired) electrons. The van der Waals surface area contributed by atoms with Crippen LogP contribution < -0.4 is 0 Å². The SMILES string of the molecule is CC1(C)[C@H]2CC[C@H](CO[C@@H](C#Cc3ccccc3)[C@@]3(C)CCCCCC3=O)[C@@H]1C2. The number of Topliss-reactive ketones (excluding diaryl/α,β-unsaturated/α-hetero) is 1. The molecule has 0 unspecified atom stereocenters. The number of ether oxygens (including phenoxy) is 1. The van der Waals surface area contributed by atoms with E-state index < -0.39 is 5.41 Å². The van der Waals surface area contributed by atoms with Crippen molar-refractivity contribution in [2.24, 2.45) is 28.6 Å². The number of rotatable bonds is 4. The Morgan fingerprint density at radius 1 is 1.10 bits per heavy atom. The third-order valence-corrected chi connectivity index (χ3v) is 8.42. The second-order valence-electron chi connectivity index (χ2n) is 10.4. The van der Waals surface area contributed by atoms with E-state index in [1.165, 1.54) is 19.3 Å². The summed E-state index contributed by atoms with van der Waals surface area (Å²) in [5, 5.41) is 0. The molecule has 5 rings (SSSR count). The summed E-state index contributed by atoms with van der Waals surface area (Å²) in [4.78, 5) is 13.1. The van der Waals surface area contributed by atoms with Crippen molar-refractivity contribution in [2.75, 3.05) is 6.61 Å². The molecule has 156 valence electrons. The molecule has 2 nitrogen and oxygen atoms in total. The number of ketones is 1. The van der Waals surface area contributed by atoms with Gasteiger partial charge < -0.3 is 4.74 Å². The molecule has 0 aliphatic heterocycles. The van der Waals surface area contributed by atoms with E-state index in [1.54, 1.807) is 0 Å². The van der Waals surface area contributed by atoms with Crippen LogP contribution in [-0.4, -0.2) is 18.5 Å². The highest BCUT2D eigenvalue weighted by atomic mass is 16.5. The van der Waals surface area contributed by atoms with Gasteiger partial charge in [-0.05, 0) is 74.3 Å². The lowest BCUT2D eigenvalue weighted by Gasteiger charge is -2.60. The van der Waals surface area contributed by atoms with Crippen LogP contribution >= 0.6 is 0 Å². The predicted octanol–water partition coefficient (Wildman–Crippen LogP) is 6.04. The zero-order valence-electron chi connectivity index (χ0n) is 18.4. The maximum absolute atomic E-state index is 13.1. The lowest BCUT2D eigenvalue weighted by molar-refractivity contribution is -0.146. The van der Waals surface area contributed by atoms with E-state index in [2.05, 4.69) is 32.6 Å². The summed E-state index contributed by atoms with van der Waals surface area (Å²) in [5.41, 5.74) is 0.968. The molecule has 2 heteroatoms. The van der Waals surface area contributed by atoms with Crippen molar-refractivity contribution < 1.29 is 9.53 Å². The summed E-state index contributed by atoms with van der Waals surface area (Å²) in [5.74, 6) is 9.33. The van der Waals surface area contributed by atoms with Crippen LogP contribution in [0, 0.1) is 40.4 Å². The van der Waals surface area contributed by atoms with Gasteiger partial charge in [-0.15, -0.1) is 0 Å². The Kier molecular flexibility index (Phi) is 5.90. The summed E-state index contributed by atoms with van der Waals surface area (Å²) in [6.07, 6.45) is 8.44. The van der Waals surface area contributed by atoms with Crippen LogP contribution in [0.4, 0.5) is 0 Å². The maximum atomic E-state index is 13.1. The minimum absolute atomic E-state index is 0.311. The number of fused-ring (bicyclic) bond motifs is 2. The molecular formula is C27H36O2. The molecule has 0 spiro atoms. The van der Waals surface area contributed by atoms with Crippen molar-refractivity contribution in [1.82, 2.24) is 0 Å². The maximum Gasteiger partial charge on any atom is 0.142 e. The van der Waals surface area contributed by atoms with Crippen LogP contribution in [0.1, 0.15) is 77.7 Å². The van der Waals surface area contributed by atoms with Crippen LogP contribution in [0.25, 0.3) is 0 Å². The molecule has 4 aliphatic rings. The van der Waals surface area contributed by atoms with Gasteiger partial charge >= 0.3 is 0 Å². The van der Waals surface area contributed by atoms with Crippen molar-refractivity contribution >= 4 is 5.78 Å². The highest BCUT2D eigenvalue weighted by molar-refractivity contribution is 5.85. The first kappa shape index (κ1) is 20.7. The number of hydrogen-bond acceptors (Lipinski definition) is 2. The van der Waals surface area contributed by atoms with Gasteiger partial charge in [-0.25, -0.2) is 0 Å². The predicted molar refractivity (Wildman–Crippen MR) is 117 cm³/mol. The Hall–Kier alpha value is -1.59. The van der Waals surface area contributed by atoms with E-state index in [0.717, 1.165) is 49.7 Å². The van der Waals surface area contributed by atoms with Crippen LogP contribution in [0.2, 0.25) is 0 Å². The Bertz CT molecular complexity index is 782. The zero-order valence-corrected chi connectivity index (χ0v) is 18.4. The standard InChI is InChI=1S/C27H36O2/c1-26(2)22-15-14-21(23(26)18-22)19-29-25(16-13-20-10-6-4-7-11-20)27(3)17-9-5-8-12-24(27)28/h4,6-7,10-11,21-23,25H,5,8-9,12,14-15,17-19H2,1-3H3/t21-,22+,23+,25+,27+/m1/s1. The Balaban J connectivity index is 1.53. The van der Waals surface area contributed by atoms with Gasteiger partial charge in [0.15, 0.2) is 0 Å². The zero-order chi connectivity index (χ0) is 20.5. The molecule has 4 fully saturated rings. The lowest BCUT2D eigenvalue weighted by Crippen LogP contribution is -2.53. The van der Waals surface area contributed by atoms with Crippen LogP contribution in [0.5, 0.6) is 0 Å². The minimum Gasteiger partial charge on any atom is -0.364 e. The second kappa shape index (κ2) is 8.27. The molecule has 0 amide bonds. The second-order valence-corrected chi connectivity index (χ2v) is 10.4. The van der Waals surface area contributed by atoms with Crippen molar-refractivity contribution in [1.29, 1.82) is 0 Å². The van der Waals surface area contributed by atoms with Gasteiger partial charge in [0.2, 0.25) is 0 Å². The monoisotopic (exact) mass is 392 g/mol. The van der Waals surface area contributed by atoms with Crippen LogP contribution in [0.3, 0.4) is 0 Å². The molecule has 1 aromatic rings. The normalized spacial score (nSPS) is 34.3. The molecule has 1 aromatic carbocycles. The van der Waals surface area contributed by atoms with Crippen molar-refractivity contribution in [3.63, 3.8) is 0 Å². The summed E-state index contributed by atoms with van der Waals surface area (Å²) in [6, 6.07) is 10.1. The molecular weight excluding hydrogens is 356 g/mol. The number of hydrogen-bond donors (Lipinski definition) is 0. The topological polar surface area (TPSA) is 26.3 Å². The van der Waals surface area contributed by atoms with E-state index in [4.69, 9.17) is 4.74 Å². The van der Waals surface area contributed by atoms with Gasteiger partial charge in [0.25, 0.3) is 0 Å². The summed E-state index contributed by atoms with van der Waals surface area (Å²) in [7, 11) is 0. The van der Waals surface area contributed by atoms with Crippen molar-refractivity contribution in [2.45, 2.75) is 78.2 Å². The third kappa shape index (κ3) is 4.04. The fourth-order valence-corrected chi connectivity index (χ4v) is 6.09. The smallest absolute Gasteiger partial charge is 0.142 e. The van der Waals surface area contributed by atoms with Gasteiger partial charge in [0, 0.05) is 12.0 Å². The first-order chi connectivity index (χ1) is 13.9. The average Bonchev–Trinajstić information content (AvgIpc) is 2.90. The summed E-state index contributed by atoms with van der Waals surface area (Å²) >= 11 is 0. The fraction of sp³-hybridized carbons (Fsp3) is 0.667. The fourth-order valence-electron chi connectivity index (χ4n) is 6.09. The Labute approximate surface area is 176 Å². The molecule has 5 atom stereocenters. The average molecular weight is 393 g/mol. The van der Waals surface area contributed by atoms with Gasteiger partial charge in [0.05, 0.1) is 12.0 Å². The van der Waals surface area contributed by atoms with Gasteiger partial charge in [-0.1, -0.05) is 56.7 Å². The lowest BCUT2D eigenvalue weighted by atomic mass is 9.46. The molecule has 29 heavy (non-hydrogen) atoms. The number of carbonyl (C=O) groups is 1. The van der Waals surface area contributed by atoms with E-state index in [9.17, 15) is 4.79 Å². The highest BCUT2D eigenvalue weighted by Gasteiger charge is 2.54. The molecule has 0 saturated heterocycles. The van der Waals surface area contributed by atoms with Crippen molar-refractivity contribution in [3.8, 4) is 11.8 Å². The minimum atomic E-state index is -0.482. The third-order valence-electron chi connectivity index (χ3n) is 8.42. The molecule has 4 aliphatic carbocycles. The van der Waals surface area contributed by atoms with E-state index >= 15 is 0 Å². The van der Waals surface area contributed by atoms with Crippen LogP contribution in [-0.2, 0) is 9.53 Å². The van der Waals surface area contributed by atoms with Crippen LogP contribution in [0.15, 0.2) is 30.3 Å². The van der Waals surface area contributed by atoms with Gasteiger partial charge in [0.1, 0.15) is 11.9 Å². The summed E-state index contributed by atoms with van der Waals surface area (Å²) < 4.78 is 6.57. The quantitative estimate of drug-likeness (QED) is 0.461. The molecule has 0 aromatic heterocycles. The van der Waals surface area contributed by atoms with E-state index in [1.807, 2.05) is 30.3 Å². The van der Waals surface area contributed by atoms with E-state index in [-0.39, 0.29) is 6.10 Å². The number of carbonyl (C=O) groups excluding carboxylic acids is 1. The first-order valence-corrected chi connectivity index (χ1v) is 11.6. The van der Waals surface area contributed by atoms with E-state index in [0.29, 0.717) is 23.5 Å². The van der Waals surface area contributed by atoms with Gasteiger partial charge in [-0.3, -0.25) is 4.79 Å². The summed E-state index contributed by atoms with van der Waals surface area (Å²) in [6.45, 7) is 7.72. The number of benzene rings is 1. The largest absolute Gasteiger partial charge is 0.364 e. The first-order valence-electron chi connectivity index (χ1n) is 11.6. The van der Waals surface area contributed by atoms with Crippen molar-refractivity contribution in [3.05, 3.63) is 35.9 Å². The molecule has 4 saturated carbocycles. The highest BCUT2D eigenvalue weighted by Crippen LogP contribution is 2.61. The van der Waals surface area contributed by atoms with Gasteiger partial charge in [-0.2, -0.15) is 0 Å². The molecule has 0 N–H and O–H groups in total. The molecule has 0 heterocycles. The molecule has 2 bridgehead atoms.